The fourth-order valence-corrected chi connectivity index (χ4v) is 3.28. The monoisotopic (exact) mass is 320 g/mol. The van der Waals surface area contributed by atoms with E-state index in [0.717, 1.165) is 51.4 Å². The average molecular weight is 320 g/mol. The molecule has 0 unspecified atom stereocenters. The summed E-state index contributed by atoms with van der Waals surface area (Å²) in [5.41, 5.74) is 0.239. The summed E-state index contributed by atoms with van der Waals surface area (Å²) in [6.07, 6.45) is 5.11. The number of hydrogen-bond acceptors (Lipinski definition) is 7. The van der Waals surface area contributed by atoms with Crippen LogP contribution >= 0.6 is 0 Å². The van der Waals surface area contributed by atoms with E-state index in [9.17, 15) is 4.79 Å². The molecule has 2 fully saturated rings. The molecule has 23 heavy (non-hydrogen) atoms. The Kier molecular flexibility index (Phi) is 4.77. The van der Waals surface area contributed by atoms with Crippen molar-refractivity contribution in [1.29, 1.82) is 0 Å². The molecule has 1 aromatic heterocycles. The fraction of sp³-hybridized carbons (Fsp3) is 0.688. The van der Waals surface area contributed by atoms with Crippen LogP contribution in [0.3, 0.4) is 0 Å². The lowest BCUT2D eigenvalue weighted by Crippen LogP contribution is -2.56. The van der Waals surface area contributed by atoms with E-state index >= 15 is 0 Å². The van der Waals surface area contributed by atoms with Crippen LogP contribution in [-0.2, 0) is 9.47 Å². The summed E-state index contributed by atoms with van der Waals surface area (Å²) in [5.74, 6) is 0.375. The van der Waals surface area contributed by atoms with Crippen LogP contribution < -0.4 is 4.90 Å². The molecule has 0 radical (unpaired) electrons. The quantitative estimate of drug-likeness (QED) is 0.768. The highest BCUT2D eigenvalue weighted by Gasteiger charge is 2.39. The molecular weight excluding hydrogens is 296 g/mol. The predicted octanol–water partition coefficient (Wildman–Crippen LogP) is 0.954. The lowest BCUT2D eigenvalue weighted by atomic mass is 9.89. The van der Waals surface area contributed by atoms with E-state index in [4.69, 9.17) is 9.47 Å². The standard InChI is InChI=1S/C16H24N4O3/c1-3-22-15(21)13-10-18-14(11-17-13)20-6-4-16(5-7-20)12-19(2)8-9-23-16/h10-11H,3-9,12H2,1-2H3. The normalized spacial score (nSPS) is 21.4. The maximum Gasteiger partial charge on any atom is 0.358 e. The van der Waals surface area contributed by atoms with Crippen molar-refractivity contribution in [1.82, 2.24) is 14.9 Å². The molecule has 0 atom stereocenters. The van der Waals surface area contributed by atoms with Gasteiger partial charge in [0.25, 0.3) is 0 Å². The molecule has 3 rings (SSSR count). The first-order valence-corrected chi connectivity index (χ1v) is 8.18. The van der Waals surface area contributed by atoms with Crippen LogP contribution in [0, 0.1) is 0 Å². The summed E-state index contributed by atoms with van der Waals surface area (Å²) < 4.78 is 11.0. The van der Waals surface area contributed by atoms with Gasteiger partial charge < -0.3 is 19.3 Å². The maximum atomic E-state index is 11.6. The first kappa shape index (κ1) is 16.1. The molecule has 1 spiro atoms. The lowest BCUT2D eigenvalue weighted by molar-refractivity contribution is -0.115. The van der Waals surface area contributed by atoms with Gasteiger partial charge in [0, 0.05) is 26.2 Å². The highest BCUT2D eigenvalue weighted by atomic mass is 16.5. The summed E-state index contributed by atoms with van der Waals surface area (Å²) in [6, 6.07) is 0. The first-order chi connectivity index (χ1) is 11.1. The van der Waals surface area contributed by atoms with Crippen molar-refractivity contribution in [2.75, 3.05) is 51.3 Å². The van der Waals surface area contributed by atoms with Gasteiger partial charge in [0.1, 0.15) is 5.82 Å². The largest absolute Gasteiger partial charge is 0.461 e. The zero-order chi connectivity index (χ0) is 16.3. The topological polar surface area (TPSA) is 67.8 Å². The molecule has 0 amide bonds. The third-order valence-corrected chi connectivity index (χ3v) is 4.56. The number of morpholine rings is 1. The predicted molar refractivity (Wildman–Crippen MR) is 85.6 cm³/mol. The Morgan fingerprint density at radius 2 is 2.09 bits per heavy atom. The minimum atomic E-state index is -0.428. The van der Waals surface area contributed by atoms with Crippen LogP contribution in [0.4, 0.5) is 5.82 Å². The van der Waals surface area contributed by atoms with Gasteiger partial charge in [-0.2, -0.15) is 0 Å². The molecule has 7 nitrogen and oxygen atoms in total. The van der Waals surface area contributed by atoms with Gasteiger partial charge >= 0.3 is 5.97 Å². The second-order valence-electron chi connectivity index (χ2n) is 6.24. The van der Waals surface area contributed by atoms with Crippen molar-refractivity contribution in [3.8, 4) is 0 Å². The van der Waals surface area contributed by atoms with Gasteiger partial charge in [-0.3, -0.25) is 0 Å². The van der Waals surface area contributed by atoms with Crippen molar-refractivity contribution >= 4 is 11.8 Å². The molecule has 0 aliphatic carbocycles. The van der Waals surface area contributed by atoms with Crippen LogP contribution in [0.1, 0.15) is 30.3 Å². The number of esters is 1. The van der Waals surface area contributed by atoms with E-state index in [0.29, 0.717) is 6.61 Å². The van der Waals surface area contributed by atoms with Crippen molar-refractivity contribution in [2.24, 2.45) is 0 Å². The molecule has 2 saturated heterocycles. The molecule has 0 N–H and O–H groups in total. The molecule has 0 aromatic carbocycles. The number of rotatable bonds is 3. The Labute approximate surface area is 136 Å². The number of carbonyl (C=O) groups excluding carboxylic acids is 1. The van der Waals surface area contributed by atoms with Crippen LogP contribution in [0.25, 0.3) is 0 Å². The highest BCUT2D eigenvalue weighted by Crippen LogP contribution is 2.31. The Morgan fingerprint density at radius 3 is 2.70 bits per heavy atom. The Morgan fingerprint density at radius 1 is 1.30 bits per heavy atom. The van der Waals surface area contributed by atoms with Crippen LogP contribution in [0.15, 0.2) is 12.4 Å². The molecule has 3 heterocycles. The SMILES string of the molecule is CCOC(=O)c1cnc(N2CCC3(CC2)CN(C)CCO3)cn1. The molecule has 2 aliphatic heterocycles. The number of carbonyl (C=O) groups is 1. The zero-order valence-electron chi connectivity index (χ0n) is 13.8. The van der Waals surface area contributed by atoms with E-state index in [-0.39, 0.29) is 11.3 Å². The maximum absolute atomic E-state index is 11.6. The Balaban J connectivity index is 1.60. The highest BCUT2D eigenvalue weighted by molar-refractivity contribution is 5.86. The van der Waals surface area contributed by atoms with Crippen molar-refractivity contribution < 1.29 is 14.3 Å². The van der Waals surface area contributed by atoms with E-state index in [1.54, 1.807) is 13.1 Å². The van der Waals surface area contributed by atoms with E-state index < -0.39 is 5.97 Å². The van der Waals surface area contributed by atoms with Gasteiger partial charge in [0.05, 0.1) is 31.2 Å². The molecule has 1 aromatic rings. The van der Waals surface area contributed by atoms with Gasteiger partial charge in [0.15, 0.2) is 5.69 Å². The van der Waals surface area contributed by atoms with Crippen LogP contribution in [0.5, 0.6) is 0 Å². The van der Waals surface area contributed by atoms with Crippen molar-refractivity contribution in [3.05, 3.63) is 18.1 Å². The Bertz CT molecular complexity index is 541. The summed E-state index contributed by atoms with van der Waals surface area (Å²) in [5, 5.41) is 0. The second kappa shape index (κ2) is 6.80. The van der Waals surface area contributed by atoms with Gasteiger partial charge in [0.2, 0.25) is 0 Å². The zero-order valence-corrected chi connectivity index (χ0v) is 13.8. The summed E-state index contributed by atoms with van der Waals surface area (Å²) in [4.78, 5) is 24.7. The van der Waals surface area contributed by atoms with Crippen molar-refractivity contribution in [3.63, 3.8) is 0 Å². The third-order valence-electron chi connectivity index (χ3n) is 4.56. The van der Waals surface area contributed by atoms with Crippen LogP contribution in [-0.4, -0.2) is 72.9 Å². The van der Waals surface area contributed by atoms with Gasteiger partial charge in [-0.25, -0.2) is 14.8 Å². The lowest BCUT2D eigenvalue weighted by Gasteiger charge is -2.46. The fourth-order valence-electron chi connectivity index (χ4n) is 3.28. The van der Waals surface area contributed by atoms with Gasteiger partial charge in [-0.1, -0.05) is 0 Å². The number of piperidine rings is 1. The number of nitrogens with zero attached hydrogens (tertiary/aromatic N) is 4. The van der Waals surface area contributed by atoms with Crippen molar-refractivity contribution in [2.45, 2.75) is 25.4 Å². The van der Waals surface area contributed by atoms with Crippen LogP contribution in [0.2, 0.25) is 0 Å². The summed E-state index contributed by atoms with van der Waals surface area (Å²) in [6.45, 7) is 6.70. The number of hydrogen-bond donors (Lipinski definition) is 0. The van der Waals surface area contributed by atoms with E-state index in [2.05, 4.69) is 26.8 Å². The summed E-state index contributed by atoms with van der Waals surface area (Å²) >= 11 is 0. The number of likely N-dealkylation sites (N-methyl/N-ethyl adjacent to an activating group) is 1. The van der Waals surface area contributed by atoms with Gasteiger partial charge in [-0.15, -0.1) is 0 Å². The number of aromatic nitrogens is 2. The smallest absolute Gasteiger partial charge is 0.358 e. The second-order valence-corrected chi connectivity index (χ2v) is 6.24. The molecule has 2 aliphatic rings. The van der Waals surface area contributed by atoms with Gasteiger partial charge in [-0.05, 0) is 26.8 Å². The third kappa shape index (κ3) is 3.61. The minimum Gasteiger partial charge on any atom is -0.461 e. The number of ether oxygens (including phenoxy) is 2. The summed E-state index contributed by atoms with van der Waals surface area (Å²) in [7, 11) is 2.15. The molecule has 0 bridgehead atoms. The number of anilines is 1. The molecule has 7 heteroatoms. The minimum absolute atomic E-state index is 0.0121. The first-order valence-electron chi connectivity index (χ1n) is 8.18. The average Bonchev–Trinajstić information content (AvgIpc) is 2.56. The Hall–Kier alpha value is -1.73. The molecule has 0 saturated carbocycles. The molecular formula is C16H24N4O3. The van der Waals surface area contributed by atoms with E-state index in [1.807, 2.05) is 0 Å². The molecule has 126 valence electrons. The van der Waals surface area contributed by atoms with E-state index in [1.165, 1.54) is 6.20 Å².